The summed E-state index contributed by atoms with van der Waals surface area (Å²) in [5.74, 6) is -0.0949. The molecule has 2 aromatic carbocycles. The number of carbonyl (C=O) groups is 1. The molecule has 8 heteroatoms. The highest BCUT2D eigenvalue weighted by molar-refractivity contribution is 8.27. The first kappa shape index (κ1) is 20.3. The van der Waals surface area contributed by atoms with Crippen molar-refractivity contribution in [2.24, 2.45) is 0 Å². The number of thioether (sulfide) groups is 1. The van der Waals surface area contributed by atoms with Crippen LogP contribution in [0.15, 0.2) is 47.4 Å². The van der Waals surface area contributed by atoms with Crippen molar-refractivity contribution in [2.45, 2.75) is 20.5 Å². The standard InChI is InChI=1S/C20H17F2NO3S2/c1-3-25-16-10-13(8-9-15(16)26-19(21)22)11-17-18(24)23(20(27)28-17)14-7-5-4-6-12(14)2/h4-11,19H,3H2,1-2H3/b17-11-. The van der Waals surface area contributed by atoms with Gasteiger partial charge in [-0.3, -0.25) is 9.69 Å². The molecule has 0 atom stereocenters. The fourth-order valence-electron chi connectivity index (χ4n) is 2.72. The third-order valence-electron chi connectivity index (χ3n) is 3.93. The zero-order valence-corrected chi connectivity index (χ0v) is 16.8. The van der Waals surface area contributed by atoms with E-state index in [4.69, 9.17) is 17.0 Å². The number of hydrogen-bond donors (Lipinski definition) is 0. The number of amides is 1. The summed E-state index contributed by atoms with van der Waals surface area (Å²) in [6, 6.07) is 12.0. The minimum atomic E-state index is -2.95. The summed E-state index contributed by atoms with van der Waals surface area (Å²) in [4.78, 5) is 14.8. The van der Waals surface area contributed by atoms with Crippen molar-refractivity contribution in [1.29, 1.82) is 0 Å². The van der Waals surface area contributed by atoms with Gasteiger partial charge in [0, 0.05) is 0 Å². The second-order valence-corrected chi connectivity index (χ2v) is 7.50. The molecule has 0 N–H and O–H groups in total. The Balaban J connectivity index is 1.91. The van der Waals surface area contributed by atoms with E-state index in [0.717, 1.165) is 11.3 Å². The molecule has 0 aromatic heterocycles. The van der Waals surface area contributed by atoms with Crippen LogP contribution in [0, 0.1) is 6.92 Å². The summed E-state index contributed by atoms with van der Waals surface area (Å²) in [7, 11) is 0. The molecule has 146 valence electrons. The van der Waals surface area contributed by atoms with Gasteiger partial charge in [0.2, 0.25) is 0 Å². The van der Waals surface area contributed by atoms with Crippen LogP contribution in [0.2, 0.25) is 0 Å². The lowest BCUT2D eigenvalue weighted by Crippen LogP contribution is -2.28. The van der Waals surface area contributed by atoms with Gasteiger partial charge in [-0.15, -0.1) is 0 Å². The number of benzene rings is 2. The summed E-state index contributed by atoms with van der Waals surface area (Å²) < 4.78 is 35.4. The fraction of sp³-hybridized carbons (Fsp3) is 0.200. The zero-order valence-electron chi connectivity index (χ0n) is 15.1. The van der Waals surface area contributed by atoms with Crippen molar-refractivity contribution >= 4 is 46.0 Å². The van der Waals surface area contributed by atoms with Crippen LogP contribution in [0.5, 0.6) is 11.5 Å². The molecule has 3 rings (SSSR count). The quantitative estimate of drug-likeness (QED) is 0.461. The Morgan fingerprint density at radius 3 is 2.64 bits per heavy atom. The molecule has 4 nitrogen and oxygen atoms in total. The number of alkyl halides is 2. The molecule has 0 unspecified atom stereocenters. The monoisotopic (exact) mass is 421 g/mol. The van der Waals surface area contributed by atoms with E-state index in [1.807, 2.05) is 31.2 Å². The number of halogens is 2. The van der Waals surface area contributed by atoms with Crippen molar-refractivity contribution in [3.8, 4) is 11.5 Å². The summed E-state index contributed by atoms with van der Waals surface area (Å²) in [5.41, 5.74) is 2.30. The second kappa shape index (κ2) is 8.70. The molecule has 0 bridgehead atoms. The molecule has 1 aliphatic rings. The molecule has 0 saturated carbocycles. The van der Waals surface area contributed by atoms with Gasteiger partial charge < -0.3 is 9.47 Å². The number of rotatable bonds is 6. The number of carbonyl (C=O) groups excluding carboxylic acids is 1. The Morgan fingerprint density at radius 2 is 1.96 bits per heavy atom. The average Bonchev–Trinajstić information content (AvgIpc) is 2.91. The highest BCUT2D eigenvalue weighted by atomic mass is 32.2. The molecular formula is C20H17F2NO3S2. The second-order valence-electron chi connectivity index (χ2n) is 5.82. The lowest BCUT2D eigenvalue weighted by Gasteiger charge is -2.16. The van der Waals surface area contributed by atoms with Gasteiger partial charge in [-0.2, -0.15) is 8.78 Å². The molecule has 0 aliphatic carbocycles. The van der Waals surface area contributed by atoms with Gasteiger partial charge in [-0.1, -0.05) is 48.2 Å². The van der Waals surface area contributed by atoms with Gasteiger partial charge in [0.15, 0.2) is 15.8 Å². The van der Waals surface area contributed by atoms with Crippen LogP contribution in [0.3, 0.4) is 0 Å². The smallest absolute Gasteiger partial charge is 0.387 e. The lowest BCUT2D eigenvalue weighted by molar-refractivity contribution is -0.113. The molecule has 1 fully saturated rings. The van der Waals surface area contributed by atoms with Crippen molar-refractivity contribution in [3.05, 3.63) is 58.5 Å². The summed E-state index contributed by atoms with van der Waals surface area (Å²) in [6.45, 7) is 0.994. The first-order valence-electron chi connectivity index (χ1n) is 8.46. The van der Waals surface area contributed by atoms with Crippen molar-refractivity contribution in [1.82, 2.24) is 0 Å². The van der Waals surface area contributed by atoms with Gasteiger partial charge in [-0.05, 0) is 49.2 Å². The Morgan fingerprint density at radius 1 is 1.21 bits per heavy atom. The summed E-state index contributed by atoms with van der Waals surface area (Å²) in [5, 5.41) is 0. The highest BCUT2D eigenvalue weighted by Crippen LogP contribution is 2.38. The van der Waals surface area contributed by atoms with Crippen molar-refractivity contribution in [2.75, 3.05) is 11.5 Å². The number of nitrogens with zero attached hydrogens (tertiary/aromatic N) is 1. The highest BCUT2D eigenvalue weighted by Gasteiger charge is 2.34. The molecular weight excluding hydrogens is 404 g/mol. The van der Waals surface area contributed by atoms with Gasteiger partial charge in [0.1, 0.15) is 0 Å². The van der Waals surface area contributed by atoms with Crippen LogP contribution in [0.1, 0.15) is 18.1 Å². The van der Waals surface area contributed by atoms with Crippen LogP contribution in [-0.2, 0) is 4.79 Å². The van der Waals surface area contributed by atoms with Gasteiger partial charge in [0.05, 0.1) is 17.2 Å². The third-order valence-corrected chi connectivity index (χ3v) is 5.23. The zero-order chi connectivity index (χ0) is 20.3. The fourth-order valence-corrected chi connectivity index (χ4v) is 4.00. The molecule has 1 amide bonds. The normalized spacial score (nSPS) is 15.6. The minimum absolute atomic E-state index is 0.0542. The van der Waals surface area contributed by atoms with E-state index in [-0.39, 0.29) is 17.4 Å². The van der Waals surface area contributed by atoms with Crippen LogP contribution < -0.4 is 14.4 Å². The number of thiocarbonyl (C=S) groups is 1. The van der Waals surface area contributed by atoms with Gasteiger partial charge >= 0.3 is 6.61 Å². The molecule has 0 radical (unpaired) electrons. The summed E-state index contributed by atoms with van der Waals surface area (Å²) in [6.07, 6.45) is 1.66. The van der Waals surface area contributed by atoms with E-state index in [0.29, 0.717) is 21.4 Å². The predicted octanol–water partition coefficient (Wildman–Crippen LogP) is 5.40. The Kier molecular flexibility index (Phi) is 6.31. The maximum absolute atomic E-state index is 12.9. The first-order valence-corrected chi connectivity index (χ1v) is 9.68. The number of anilines is 1. The van der Waals surface area contributed by atoms with E-state index in [1.54, 1.807) is 25.1 Å². The molecule has 1 aliphatic heterocycles. The Labute approximate surface area is 171 Å². The topological polar surface area (TPSA) is 38.8 Å². The van der Waals surface area contributed by atoms with E-state index in [9.17, 15) is 13.6 Å². The number of aryl methyl sites for hydroxylation is 1. The molecule has 1 heterocycles. The maximum atomic E-state index is 12.9. The van der Waals surface area contributed by atoms with Crippen LogP contribution in [-0.4, -0.2) is 23.4 Å². The van der Waals surface area contributed by atoms with Gasteiger partial charge in [-0.25, -0.2) is 0 Å². The van der Waals surface area contributed by atoms with E-state index < -0.39 is 6.61 Å². The maximum Gasteiger partial charge on any atom is 0.387 e. The SMILES string of the molecule is CCOc1cc(/C=C2\SC(=S)N(c3ccccc3C)C2=O)ccc1OC(F)F. The van der Waals surface area contributed by atoms with Crippen molar-refractivity contribution in [3.63, 3.8) is 0 Å². The summed E-state index contributed by atoms with van der Waals surface area (Å²) >= 11 is 6.58. The predicted molar refractivity (Wildman–Crippen MR) is 111 cm³/mol. The molecule has 2 aromatic rings. The Hall–Kier alpha value is -2.45. The minimum Gasteiger partial charge on any atom is -0.490 e. The Bertz CT molecular complexity index is 947. The number of hydrogen-bond acceptors (Lipinski definition) is 5. The van der Waals surface area contributed by atoms with Gasteiger partial charge in [0.25, 0.3) is 5.91 Å². The molecule has 1 saturated heterocycles. The van der Waals surface area contributed by atoms with Crippen LogP contribution in [0.25, 0.3) is 6.08 Å². The van der Waals surface area contributed by atoms with E-state index >= 15 is 0 Å². The molecule has 0 spiro atoms. The van der Waals surface area contributed by atoms with Crippen LogP contribution >= 0.6 is 24.0 Å². The average molecular weight is 421 g/mol. The van der Waals surface area contributed by atoms with E-state index in [2.05, 4.69) is 4.74 Å². The van der Waals surface area contributed by atoms with E-state index in [1.165, 1.54) is 22.7 Å². The number of para-hydroxylation sites is 1. The largest absolute Gasteiger partial charge is 0.490 e. The lowest BCUT2D eigenvalue weighted by atomic mass is 10.1. The third kappa shape index (κ3) is 4.34. The van der Waals surface area contributed by atoms with Crippen LogP contribution in [0.4, 0.5) is 14.5 Å². The number of ether oxygens (including phenoxy) is 2. The van der Waals surface area contributed by atoms with Crippen molar-refractivity contribution < 1.29 is 23.0 Å². The first-order chi connectivity index (χ1) is 13.4. The molecule has 28 heavy (non-hydrogen) atoms.